The molecule has 0 bridgehead atoms. The van der Waals surface area contributed by atoms with Crippen LogP contribution in [0, 0.1) is 0 Å². The molecule has 68 valence electrons. The molecule has 1 aromatic carbocycles. The Morgan fingerprint density at radius 1 is 1.54 bits per heavy atom. The van der Waals surface area contributed by atoms with E-state index in [-0.39, 0.29) is 0 Å². The van der Waals surface area contributed by atoms with Gasteiger partial charge in [-0.15, -0.1) is 0 Å². The van der Waals surface area contributed by atoms with Gasteiger partial charge in [0.05, 0.1) is 0 Å². The van der Waals surface area contributed by atoms with E-state index in [2.05, 4.69) is 37.0 Å². The van der Waals surface area contributed by atoms with Crippen molar-refractivity contribution in [1.29, 1.82) is 0 Å². The topological polar surface area (TPSA) is 12.0 Å². The van der Waals surface area contributed by atoms with E-state index < -0.39 is 0 Å². The third-order valence-electron chi connectivity index (χ3n) is 2.68. The summed E-state index contributed by atoms with van der Waals surface area (Å²) in [4.78, 5) is 0. The zero-order valence-electron chi connectivity index (χ0n) is 8.01. The SMILES string of the molecule is C=Cc1cccc2c1CC(C)NC2. The van der Waals surface area contributed by atoms with Crippen LogP contribution < -0.4 is 5.32 Å². The maximum atomic E-state index is 3.84. The van der Waals surface area contributed by atoms with Crippen molar-refractivity contribution in [3.8, 4) is 0 Å². The van der Waals surface area contributed by atoms with E-state index in [1.807, 2.05) is 6.08 Å². The van der Waals surface area contributed by atoms with Gasteiger partial charge in [-0.25, -0.2) is 0 Å². The summed E-state index contributed by atoms with van der Waals surface area (Å²) >= 11 is 0. The van der Waals surface area contributed by atoms with E-state index in [4.69, 9.17) is 0 Å². The van der Waals surface area contributed by atoms with Gasteiger partial charge in [-0.3, -0.25) is 0 Å². The minimum atomic E-state index is 0.591. The van der Waals surface area contributed by atoms with Gasteiger partial charge in [0.2, 0.25) is 0 Å². The molecule has 1 atom stereocenters. The molecule has 0 fully saturated rings. The molecule has 1 nitrogen and oxygen atoms in total. The molecule has 1 aromatic rings. The van der Waals surface area contributed by atoms with Gasteiger partial charge in [0.15, 0.2) is 0 Å². The molecule has 0 aromatic heterocycles. The summed E-state index contributed by atoms with van der Waals surface area (Å²) in [7, 11) is 0. The van der Waals surface area contributed by atoms with Crippen molar-refractivity contribution < 1.29 is 0 Å². The van der Waals surface area contributed by atoms with Crippen molar-refractivity contribution in [2.45, 2.75) is 25.9 Å². The molecule has 0 spiro atoms. The lowest BCUT2D eigenvalue weighted by Crippen LogP contribution is -2.33. The molecule has 0 radical (unpaired) electrons. The van der Waals surface area contributed by atoms with Gasteiger partial charge < -0.3 is 5.32 Å². The summed E-state index contributed by atoms with van der Waals surface area (Å²) in [6.45, 7) is 7.07. The fourth-order valence-corrected chi connectivity index (χ4v) is 1.92. The van der Waals surface area contributed by atoms with Crippen LogP contribution in [0.1, 0.15) is 23.6 Å². The van der Waals surface area contributed by atoms with E-state index in [1.54, 1.807) is 0 Å². The minimum Gasteiger partial charge on any atom is -0.310 e. The van der Waals surface area contributed by atoms with Gasteiger partial charge in [0.1, 0.15) is 0 Å². The maximum absolute atomic E-state index is 3.84. The van der Waals surface area contributed by atoms with Gasteiger partial charge in [-0.2, -0.15) is 0 Å². The number of hydrogen-bond acceptors (Lipinski definition) is 1. The summed E-state index contributed by atoms with van der Waals surface area (Å²) in [5.41, 5.74) is 4.20. The van der Waals surface area contributed by atoms with Crippen LogP contribution in [0.3, 0.4) is 0 Å². The number of benzene rings is 1. The first-order valence-corrected chi connectivity index (χ1v) is 4.78. The van der Waals surface area contributed by atoms with Crippen LogP contribution in [0.25, 0.3) is 6.08 Å². The molecule has 2 rings (SSSR count). The fourth-order valence-electron chi connectivity index (χ4n) is 1.92. The number of nitrogens with one attached hydrogen (secondary N) is 1. The average molecular weight is 173 g/mol. The predicted molar refractivity (Wildman–Crippen MR) is 56.5 cm³/mol. The smallest absolute Gasteiger partial charge is 0.0211 e. The molecule has 1 unspecified atom stereocenters. The Hall–Kier alpha value is -1.08. The summed E-state index contributed by atoms with van der Waals surface area (Å²) in [5, 5.41) is 3.46. The van der Waals surface area contributed by atoms with Crippen molar-refractivity contribution in [2.75, 3.05) is 0 Å². The molecule has 1 aliphatic rings. The molecule has 0 saturated heterocycles. The number of rotatable bonds is 1. The van der Waals surface area contributed by atoms with Crippen molar-refractivity contribution in [3.63, 3.8) is 0 Å². The zero-order chi connectivity index (χ0) is 9.26. The van der Waals surface area contributed by atoms with E-state index in [9.17, 15) is 0 Å². The lowest BCUT2D eigenvalue weighted by atomic mass is 9.92. The summed E-state index contributed by atoms with van der Waals surface area (Å²) in [6, 6.07) is 7.03. The number of fused-ring (bicyclic) bond motifs is 1. The Morgan fingerprint density at radius 2 is 2.38 bits per heavy atom. The van der Waals surface area contributed by atoms with Gasteiger partial charge in [-0.1, -0.05) is 30.9 Å². The first-order chi connectivity index (χ1) is 6.31. The van der Waals surface area contributed by atoms with Gasteiger partial charge in [-0.05, 0) is 30.0 Å². The summed E-state index contributed by atoms with van der Waals surface area (Å²) in [6.07, 6.45) is 3.08. The Kier molecular flexibility index (Phi) is 2.19. The monoisotopic (exact) mass is 173 g/mol. The minimum absolute atomic E-state index is 0.591. The molecule has 13 heavy (non-hydrogen) atoms. The molecular weight excluding hydrogens is 158 g/mol. The van der Waals surface area contributed by atoms with Crippen molar-refractivity contribution in [1.82, 2.24) is 5.32 Å². The zero-order valence-corrected chi connectivity index (χ0v) is 8.01. The van der Waals surface area contributed by atoms with Crippen LogP contribution in [0.15, 0.2) is 24.8 Å². The first-order valence-electron chi connectivity index (χ1n) is 4.78. The lowest BCUT2D eigenvalue weighted by Gasteiger charge is -2.24. The maximum Gasteiger partial charge on any atom is 0.0211 e. The fraction of sp³-hybridized carbons (Fsp3) is 0.333. The van der Waals surface area contributed by atoms with E-state index in [0.717, 1.165) is 13.0 Å². The third kappa shape index (κ3) is 1.52. The highest BCUT2D eigenvalue weighted by atomic mass is 14.9. The van der Waals surface area contributed by atoms with Gasteiger partial charge in [0.25, 0.3) is 0 Å². The normalized spacial score (nSPS) is 20.8. The quantitative estimate of drug-likeness (QED) is 0.687. The number of hydrogen-bond donors (Lipinski definition) is 1. The van der Waals surface area contributed by atoms with Crippen LogP contribution in [0.5, 0.6) is 0 Å². The Labute approximate surface area is 79.5 Å². The van der Waals surface area contributed by atoms with E-state index >= 15 is 0 Å². The molecule has 1 heterocycles. The average Bonchev–Trinajstić information content (AvgIpc) is 2.17. The van der Waals surface area contributed by atoms with E-state index in [1.165, 1.54) is 16.7 Å². The second-order valence-corrected chi connectivity index (χ2v) is 3.68. The third-order valence-corrected chi connectivity index (χ3v) is 2.68. The van der Waals surface area contributed by atoms with Crippen LogP contribution in [0.2, 0.25) is 0 Å². The molecule has 1 heteroatoms. The largest absolute Gasteiger partial charge is 0.310 e. The molecule has 0 saturated carbocycles. The van der Waals surface area contributed by atoms with Gasteiger partial charge >= 0.3 is 0 Å². The van der Waals surface area contributed by atoms with Crippen molar-refractivity contribution in [3.05, 3.63) is 41.5 Å². The van der Waals surface area contributed by atoms with Crippen LogP contribution in [-0.4, -0.2) is 6.04 Å². The Morgan fingerprint density at radius 3 is 3.15 bits per heavy atom. The van der Waals surface area contributed by atoms with Crippen LogP contribution in [0.4, 0.5) is 0 Å². The second kappa shape index (κ2) is 3.35. The Bertz CT molecular complexity index is 328. The lowest BCUT2D eigenvalue weighted by molar-refractivity contribution is 0.513. The van der Waals surface area contributed by atoms with Crippen molar-refractivity contribution in [2.24, 2.45) is 0 Å². The first kappa shape index (κ1) is 8.52. The Balaban J connectivity index is 2.46. The summed E-state index contributed by atoms with van der Waals surface area (Å²) in [5.74, 6) is 0. The van der Waals surface area contributed by atoms with Crippen LogP contribution in [-0.2, 0) is 13.0 Å². The van der Waals surface area contributed by atoms with E-state index in [0.29, 0.717) is 6.04 Å². The van der Waals surface area contributed by atoms with Crippen molar-refractivity contribution >= 4 is 6.08 Å². The second-order valence-electron chi connectivity index (χ2n) is 3.68. The molecule has 1 N–H and O–H groups in total. The standard InChI is InChI=1S/C12H15N/c1-3-10-5-4-6-11-8-13-9(2)7-12(10)11/h3-6,9,13H,1,7-8H2,2H3. The predicted octanol–water partition coefficient (Wildman–Crippen LogP) is 2.36. The van der Waals surface area contributed by atoms with Gasteiger partial charge in [0, 0.05) is 12.6 Å². The molecule has 0 amide bonds. The van der Waals surface area contributed by atoms with Crippen LogP contribution >= 0.6 is 0 Å². The molecule has 1 aliphatic heterocycles. The molecule has 0 aliphatic carbocycles. The highest BCUT2D eigenvalue weighted by Gasteiger charge is 2.15. The molecular formula is C12H15N. The highest BCUT2D eigenvalue weighted by molar-refractivity contribution is 5.55. The summed E-state index contributed by atoms with van der Waals surface area (Å²) < 4.78 is 0. The highest BCUT2D eigenvalue weighted by Crippen LogP contribution is 2.21.